The molecule has 3 aliphatic heterocycles. The molecule has 0 aliphatic carbocycles. The Bertz CT molecular complexity index is 1370. The van der Waals surface area contributed by atoms with Crippen LogP contribution in [-0.4, -0.2) is 74.4 Å². The van der Waals surface area contributed by atoms with Gasteiger partial charge in [0.15, 0.2) is 0 Å². The summed E-state index contributed by atoms with van der Waals surface area (Å²) < 4.78 is 11.8. The number of hydrogen-bond acceptors (Lipinski definition) is 7. The van der Waals surface area contributed by atoms with Gasteiger partial charge in [-0.05, 0) is 69.3 Å². The van der Waals surface area contributed by atoms with Crippen LogP contribution in [0, 0.1) is 12.5 Å². The first-order valence-corrected chi connectivity index (χ1v) is 14.3. The average molecular weight is 527 g/mol. The van der Waals surface area contributed by atoms with E-state index in [-0.39, 0.29) is 0 Å². The molecule has 8 nitrogen and oxygen atoms in total. The maximum atomic E-state index is 7.38. The first kappa shape index (κ1) is 25.7. The lowest BCUT2D eigenvalue weighted by atomic mass is 9.96. The summed E-state index contributed by atoms with van der Waals surface area (Å²) in [4.78, 5) is 20.9. The van der Waals surface area contributed by atoms with Crippen LogP contribution in [0.25, 0.3) is 15.6 Å². The molecule has 204 valence electrons. The van der Waals surface area contributed by atoms with E-state index in [1.165, 1.54) is 28.4 Å². The highest BCUT2D eigenvalue weighted by molar-refractivity contribution is 5.95. The van der Waals surface area contributed by atoms with Gasteiger partial charge in [0, 0.05) is 48.2 Å². The van der Waals surface area contributed by atoms with E-state index in [1.54, 1.807) is 7.11 Å². The smallest absolute Gasteiger partial charge is 0.318 e. The zero-order valence-corrected chi connectivity index (χ0v) is 23.1. The lowest BCUT2D eigenvalue weighted by Crippen LogP contribution is -2.39. The van der Waals surface area contributed by atoms with Crippen LogP contribution >= 0.6 is 0 Å². The molecule has 1 aromatic heterocycles. The summed E-state index contributed by atoms with van der Waals surface area (Å²) in [6.45, 7) is 13.1. The fourth-order valence-electron chi connectivity index (χ4n) is 6.45. The van der Waals surface area contributed by atoms with Gasteiger partial charge in [0.25, 0.3) is 0 Å². The number of likely N-dealkylation sites (N-methyl/N-ethyl adjacent to an activating group) is 1. The predicted octanol–water partition coefficient (Wildman–Crippen LogP) is 4.81. The number of hydrogen-bond donors (Lipinski definition) is 0. The molecule has 1 unspecified atom stereocenters. The number of nitrogens with zero attached hydrogens (tertiary/aromatic N) is 6. The second-order valence-electron chi connectivity index (χ2n) is 11.2. The van der Waals surface area contributed by atoms with Gasteiger partial charge in [-0.3, -0.25) is 0 Å². The van der Waals surface area contributed by atoms with Crippen molar-refractivity contribution >= 4 is 22.3 Å². The van der Waals surface area contributed by atoms with Crippen molar-refractivity contribution in [3.05, 3.63) is 59.1 Å². The van der Waals surface area contributed by atoms with Crippen molar-refractivity contribution < 1.29 is 9.47 Å². The van der Waals surface area contributed by atoms with E-state index in [0.29, 0.717) is 37.7 Å². The van der Waals surface area contributed by atoms with Crippen LogP contribution in [0.2, 0.25) is 0 Å². The van der Waals surface area contributed by atoms with E-state index >= 15 is 0 Å². The number of aromatic nitrogens is 2. The van der Waals surface area contributed by atoms with Crippen LogP contribution in [0.1, 0.15) is 36.9 Å². The molecule has 2 fully saturated rings. The Morgan fingerprint density at radius 1 is 1.05 bits per heavy atom. The van der Waals surface area contributed by atoms with E-state index in [2.05, 4.69) is 56.9 Å². The number of fused-ring (bicyclic) bond motifs is 2. The van der Waals surface area contributed by atoms with Crippen LogP contribution in [0.5, 0.6) is 11.8 Å². The molecule has 3 aromatic rings. The third kappa shape index (κ3) is 5.33. The summed E-state index contributed by atoms with van der Waals surface area (Å²) >= 11 is 0. The fraction of sp³-hybridized carbons (Fsp3) is 0.516. The molecule has 8 heteroatoms. The molecule has 4 heterocycles. The monoisotopic (exact) mass is 526 g/mol. The molecule has 0 radical (unpaired) electrons. The highest BCUT2D eigenvalue weighted by Crippen LogP contribution is 2.36. The summed E-state index contributed by atoms with van der Waals surface area (Å²) in [6, 6.07) is 13.6. The topological polar surface area (TPSA) is 58.3 Å². The van der Waals surface area contributed by atoms with Crippen LogP contribution in [0.15, 0.2) is 36.4 Å². The van der Waals surface area contributed by atoms with Crippen LogP contribution < -0.4 is 19.3 Å². The maximum Gasteiger partial charge on any atom is 0.318 e. The minimum Gasteiger partial charge on any atom is -0.497 e. The van der Waals surface area contributed by atoms with Crippen molar-refractivity contribution in [2.75, 3.05) is 63.3 Å². The number of rotatable bonds is 7. The largest absolute Gasteiger partial charge is 0.497 e. The van der Waals surface area contributed by atoms with Crippen molar-refractivity contribution in [1.29, 1.82) is 0 Å². The molecule has 0 amide bonds. The molecule has 0 N–H and O–H groups in total. The van der Waals surface area contributed by atoms with Crippen molar-refractivity contribution in [2.45, 2.75) is 44.7 Å². The van der Waals surface area contributed by atoms with E-state index in [0.717, 1.165) is 69.1 Å². The Hall–Kier alpha value is -3.57. The Balaban J connectivity index is 1.33. The third-order valence-corrected chi connectivity index (χ3v) is 8.67. The van der Waals surface area contributed by atoms with Crippen LogP contribution in [0.3, 0.4) is 0 Å². The van der Waals surface area contributed by atoms with Crippen LogP contribution in [-0.2, 0) is 13.0 Å². The summed E-state index contributed by atoms with van der Waals surface area (Å²) in [5.41, 5.74) is 3.48. The zero-order valence-electron chi connectivity index (χ0n) is 23.1. The number of methoxy groups -OCH3 is 1. The molecule has 2 saturated heterocycles. The first-order valence-electron chi connectivity index (χ1n) is 14.3. The highest BCUT2D eigenvalue weighted by Gasteiger charge is 2.30. The van der Waals surface area contributed by atoms with Crippen molar-refractivity contribution in [3.8, 4) is 11.8 Å². The highest BCUT2D eigenvalue weighted by atomic mass is 16.5. The minimum absolute atomic E-state index is 0.393. The molecular formula is C31H38N6O2. The average Bonchev–Trinajstić information content (AvgIpc) is 3.39. The van der Waals surface area contributed by atoms with Gasteiger partial charge >= 0.3 is 6.01 Å². The number of likely N-dealkylation sites (tertiary alicyclic amines) is 1. The normalized spacial score (nSPS) is 21.6. The van der Waals surface area contributed by atoms with E-state index < -0.39 is 0 Å². The Morgan fingerprint density at radius 2 is 1.95 bits per heavy atom. The van der Waals surface area contributed by atoms with Crippen LogP contribution in [0.4, 0.5) is 11.5 Å². The van der Waals surface area contributed by atoms with Gasteiger partial charge in [-0.25, -0.2) is 6.57 Å². The summed E-state index contributed by atoms with van der Waals surface area (Å²) in [5, 5.41) is 2.39. The predicted molar refractivity (Wildman–Crippen MR) is 155 cm³/mol. The summed E-state index contributed by atoms with van der Waals surface area (Å²) in [7, 11) is 3.88. The number of ether oxygens (including phenoxy) is 2. The number of piperidine rings is 1. The Morgan fingerprint density at radius 3 is 2.77 bits per heavy atom. The standard InChI is InChI=1S/C31H38N6O2/c1-32-18-22-7-5-15-37(19-22)30-26-13-16-36(29-10-4-8-23-11-12-25(38-3)17-27(23)29)20-28(26)33-31(34-30)39-21-24-9-6-14-35(24)2/h4,8,10-12,17,22,24H,5-7,9,13-16,18-21H2,2-3H3/t22?,24-/m0/s1. The SMILES string of the molecule is [C-]#[N+]CC1CCCN(c2nc(OC[C@@H]3CCCN3C)nc3c2CCN(c2cccc4ccc(OC)cc24)C3)C1. The van der Waals surface area contributed by atoms with Crippen molar-refractivity contribution in [2.24, 2.45) is 5.92 Å². The summed E-state index contributed by atoms with van der Waals surface area (Å²) in [6.07, 6.45) is 5.44. The van der Waals surface area contributed by atoms with Gasteiger partial charge in [-0.15, -0.1) is 0 Å². The molecule has 3 aliphatic rings. The van der Waals surface area contributed by atoms with Gasteiger partial charge < -0.3 is 29.0 Å². The Kier molecular flexibility index (Phi) is 7.43. The molecule has 2 aromatic carbocycles. The second kappa shape index (κ2) is 11.3. The number of benzene rings is 2. The van der Waals surface area contributed by atoms with Gasteiger partial charge in [0.2, 0.25) is 6.54 Å². The first-order chi connectivity index (χ1) is 19.1. The maximum absolute atomic E-state index is 7.38. The third-order valence-electron chi connectivity index (χ3n) is 8.67. The molecule has 0 spiro atoms. The van der Waals surface area contributed by atoms with Crippen molar-refractivity contribution in [1.82, 2.24) is 14.9 Å². The zero-order chi connectivity index (χ0) is 26.8. The molecule has 2 atom stereocenters. The van der Waals surface area contributed by atoms with E-state index in [9.17, 15) is 0 Å². The number of anilines is 2. The van der Waals surface area contributed by atoms with Gasteiger partial charge in [-0.1, -0.05) is 18.2 Å². The minimum atomic E-state index is 0.393. The fourth-order valence-corrected chi connectivity index (χ4v) is 6.45. The second-order valence-corrected chi connectivity index (χ2v) is 11.2. The molecule has 6 rings (SSSR count). The lowest BCUT2D eigenvalue weighted by molar-refractivity contribution is 0.187. The quantitative estimate of drug-likeness (QED) is 0.410. The van der Waals surface area contributed by atoms with Gasteiger partial charge in [-0.2, -0.15) is 9.97 Å². The van der Waals surface area contributed by atoms with Crippen molar-refractivity contribution in [3.63, 3.8) is 0 Å². The molecule has 0 bridgehead atoms. The Labute approximate surface area is 231 Å². The lowest BCUT2D eigenvalue weighted by Gasteiger charge is -2.36. The van der Waals surface area contributed by atoms with E-state index in [1.807, 2.05) is 6.07 Å². The summed E-state index contributed by atoms with van der Waals surface area (Å²) in [5.74, 6) is 2.27. The molecule has 39 heavy (non-hydrogen) atoms. The van der Waals surface area contributed by atoms with E-state index in [4.69, 9.17) is 26.0 Å². The van der Waals surface area contributed by atoms with Gasteiger partial charge in [0.05, 0.1) is 19.3 Å². The van der Waals surface area contributed by atoms with Gasteiger partial charge in [0.1, 0.15) is 18.2 Å². The molecular weight excluding hydrogens is 488 g/mol. The molecule has 0 saturated carbocycles.